The summed E-state index contributed by atoms with van der Waals surface area (Å²) in [6.07, 6.45) is -0.935. The van der Waals surface area contributed by atoms with Gasteiger partial charge in [-0.05, 0) is 19.1 Å². The molecular weight excluding hydrogens is 206 g/mol. The highest BCUT2D eigenvalue weighted by Crippen LogP contribution is 2.19. The standard InChI is InChI=1S/C10H10F2O3/c1-6(10(13)14-2)15-9-4-3-7(11)5-8(9)12/h3-6H,1-2H3/t6-/m1/s1. The first-order valence-corrected chi connectivity index (χ1v) is 4.24. The summed E-state index contributed by atoms with van der Waals surface area (Å²) < 4.78 is 34.9. The van der Waals surface area contributed by atoms with E-state index in [9.17, 15) is 13.6 Å². The summed E-state index contributed by atoms with van der Waals surface area (Å²) >= 11 is 0. The Hall–Kier alpha value is -1.65. The Morgan fingerprint density at radius 2 is 2.07 bits per heavy atom. The average Bonchev–Trinajstić information content (AvgIpc) is 2.20. The second-order valence-electron chi connectivity index (χ2n) is 2.86. The number of hydrogen-bond donors (Lipinski definition) is 0. The fraction of sp³-hybridized carbons (Fsp3) is 0.300. The van der Waals surface area contributed by atoms with Crippen LogP contribution in [-0.2, 0) is 9.53 Å². The largest absolute Gasteiger partial charge is 0.476 e. The lowest BCUT2D eigenvalue weighted by Gasteiger charge is -2.12. The smallest absolute Gasteiger partial charge is 0.346 e. The van der Waals surface area contributed by atoms with Crippen LogP contribution in [0.15, 0.2) is 18.2 Å². The highest BCUT2D eigenvalue weighted by atomic mass is 19.1. The number of halogens is 2. The van der Waals surface area contributed by atoms with Crippen molar-refractivity contribution in [1.29, 1.82) is 0 Å². The molecule has 3 nitrogen and oxygen atoms in total. The van der Waals surface area contributed by atoms with E-state index in [2.05, 4.69) is 4.74 Å². The van der Waals surface area contributed by atoms with E-state index in [1.54, 1.807) is 0 Å². The van der Waals surface area contributed by atoms with Crippen molar-refractivity contribution < 1.29 is 23.0 Å². The number of hydrogen-bond acceptors (Lipinski definition) is 3. The molecule has 0 radical (unpaired) electrons. The van der Waals surface area contributed by atoms with Crippen molar-refractivity contribution in [2.45, 2.75) is 13.0 Å². The average molecular weight is 216 g/mol. The molecule has 82 valence electrons. The number of carbonyl (C=O) groups is 1. The molecule has 1 atom stereocenters. The first-order chi connectivity index (χ1) is 7.04. The first kappa shape index (κ1) is 11.4. The Morgan fingerprint density at radius 1 is 1.40 bits per heavy atom. The van der Waals surface area contributed by atoms with Crippen LogP contribution in [0.1, 0.15) is 6.92 Å². The van der Waals surface area contributed by atoms with Crippen molar-refractivity contribution in [3.05, 3.63) is 29.8 Å². The SMILES string of the molecule is COC(=O)[C@@H](C)Oc1ccc(F)cc1F. The fourth-order valence-electron chi connectivity index (χ4n) is 0.975. The molecule has 0 aliphatic rings. The molecule has 0 amide bonds. The molecule has 1 aromatic rings. The number of ether oxygens (including phenoxy) is 2. The van der Waals surface area contributed by atoms with E-state index in [-0.39, 0.29) is 5.75 Å². The van der Waals surface area contributed by atoms with Crippen LogP contribution in [0.2, 0.25) is 0 Å². The van der Waals surface area contributed by atoms with Crippen molar-refractivity contribution in [1.82, 2.24) is 0 Å². The summed E-state index contributed by atoms with van der Waals surface area (Å²) in [6.45, 7) is 1.41. The maximum Gasteiger partial charge on any atom is 0.346 e. The summed E-state index contributed by atoms with van der Waals surface area (Å²) in [5.74, 6) is -2.37. The van der Waals surface area contributed by atoms with Crippen molar-refractivity contribution in [3.8, 4) is 5.75 Å². The Labute approximate surface area is 85.6 Å². The van der Waals surface area contributed by atoms with Crippen LogP contribution >= 0.6 is 0 Å². The molecular formula is C10H10F2O3. The lowest BCUT2D eigenvalue weighted by Crippen LogP contribution is -2.25. The van der Waals surface area contributed by atoms with E-state index >= 15 is 0 Å². The van der Waals surface area contributed by atoms with Gasteiger partial charge >= 0.3 is 5.97 Å². The minimum absolute atomic E-state index is 0.186. The minimum atomic E-state index is -0.935. The van der Waals surface area contributed by atoms with Gasteiger partial charge in [-0.15, -0.1) is 0 Å². The summed E-state index contributed by atoms with van der Waals surface area (Å²) in [7, 11) is 1.20. The third kappa shape index (κ3) is 2.90. The first-order valence-electron chi connectivity index (χ1n) is 4.24. The van der Waals surface area contributed by atoms with Gasteiger partial charge in [-0.3, -0.25) is 0 Å². The van der Waals surface area contributed by atoms with Crippen LogP contribution in [0.5, 0.6) is 5.75 Å². The molecule has 0 aromatic heterocycles. The van der Waals surface area contributed by atoms with Crippen LogP contribution in [0.25, 0.3) is 0 Å². The molecule has 0 aliphatic carbocycles. The number of methoxy groups -OCH3 is 1. The number of esters is 1. The lowest BCUT2D eigenvalue weighted by molar-refractivity contribution is -0.148. The van der Waals surface area contributed by atoms with E-state index in [0.29, 0.717) is 6.07 Å². The summed E-state index contributed by atoms with van der Waals surface area (Å²) in [5, 5.41) is 0. The minimum Gasteiger partial charge on any atom is -0.476 e. The van der Waals surface area contributed by atoms with Gasteiger partial charge in [-0.25, -0.2) is 13.6 Å². The molecule has 15 heavy (non-hydrogen) atoms. The Kier molecular flexibility index (Phi) is 3.60. The third-order valence-electron chi connectivity index (χ3n) is 1.73. The lowest BCUT2D eigenvalue weighted by atomic mass is 10.3. The zero-order valence-electron chi connectivity index (χ0n) is 8.29. The third-order valence-corrected chi connectivity index (χ3v) is 1.73. The molecule has 0 spiro atoms. The van der Waals surface area contributed by atoms with E-state index in [0.717, 1.165) is 12.1 Å². The molecule has 0 N–H and O–H groups in total. The van der Waals surface area contributed by atoms with Gasteiger partial charge in [0.25, 0.3) is 0 Å². The number of rotatable bonds is 3. The molecule has 0 saturated carbocycles. The quantitative estimate of drug-likeness (QED) is 0.724. The predicted molar refractivity (Wildman–Crippen MR) is 48.5 cm³/mol. The number of benzene rings is 1. The van der Waals surface area contributed by atoms with Gasteiger partial charge < -0.3 is 9.47 Å². The molecule has 0 bridgehead atoms. The maximum absolute atomic E-state index is 13.1. The molecule has 0 unspecified atom stereocenters. The molecule has 1 rings (SSSR count). The molecule has 0 saturated heterocycles. The Bertz CT molecular complexity index is 366. The topological polar surface area (TPSA) is 35.5 Å². The molecule has 0 heterocycles. The van der Waals surface area contributed by atoms with Gasteiger partial charge in [0, 0.05) is 6.07 Å². The fourth-order valence-corrected chi connectivity index (χ4v) is 0.975. The van der Waals surface area contributed by atoms with Gasteiger partial charge in [0.15, 0.2) is 17.7 Å². The summed E-state index contributed by atoms with van der Waals surface area (Å²) in [6, 6.07) is 2.84. The van der Waals surface area contributed by atoms with Gasteiger partial charge in [-0.2, -0.15) is 0 Å². The van der Waals surface area contributed by atoms with Crippen molar-refractivity contribution >= 4 is 5.97 Å². The zero-order valence-corrected chi connectivity index (χ0v) is 8.29. The van der Waals surface area contributed by atoms with Gasteiger partial charge in [0.05, 0.1) is 7.11 Å². The summed E-state index contributed by atoms with van der Waals surface area (Å²) in [4.78, 5) is 11.0. The Balaban J connectivity index is 2.76. The normalized spacial score (nSPS) is 12.0. The maximum atomic E-state index is 13.1. The summed E-state index contributed by atoms with van der Waals surface area (Å²) in [5.41, 5.74) is 0. The Morgan fingerprint density at radius 3 is 2.60 bits per heavy atom. The molecule has 1 aromatic carbocycles. The zero-order chi connectivity index (χ0) is 11.4. The molecule has 0 aliphatic heterocycles. The van der Waals surface area contributed by atoms with E-state index in [4.69, 9.17) is 4.74 Å². The molecule has 5 heteroatoms. The van der Waals surface area contributed by atoms with Gasteiger partial charge in [-0.1, -0.05) is 0 Å². The predicted octanol–water partition coefficient (Wildman–Crippen LogP) is 1.91. The van der Waals surface area contributed by atoms with Crippen LogP contribution < -0.4 is 4.74 Å². The monoisotopic (exact) mass is 216 g/mol. The van der Waals surface area contributed by atoms with Crippen molar-refractivity contribution in [2.24, 2.45) is 0 Å². The number of carbonyl (C=O) groups excluding carboxylic acids is 1. The van der Waals surface area contributed by atoms with Crippen LogP contribution in [0, 0.1) is 11.6 Å². The van der Waals surface area contributed by atoms with Crippen LogP contribution in [-0.4, -0.2) is 19.2 Å². The van der Waals surface area contributed by atoms with Gasteiger partial charge in [0.2, 0.25) is 0 Å². The van der Waals surface area contributed by atoms with Gasteiger partial charge in [0.1, 0.15) is 5.82 Å². The van der Waals surface area contributed by atoms with Crippen molar-refractivity contribution in [3.63, 3.8) is 0 Å². The van der Waals surface area contributed by atoms with Crippen molar-refractivity contribution in [2.75, 3.05) is 7.11 Å². The highest BCUT2D eigenvalue weighted by Gasteiger charge is 2.16. The van der Waals surface area contributed by atoms with Crippen LogP contribution in [0.4, 0.5) is 8.78 Å². The highest BCUT2D eigenvalue weighted by molar-refractivity contribution is 5.74. The van der Waals surface area contributed by atoms with E-state index < -0.39 is 23.7 Å². The van der Waals surface area contributed by atoms with E-state index in [1.165, 1.54) is 14.0 Å². The van der Waals surface area contributed by atoms with Crippen LogP contribution in [0.3, 0.4) is 0 Å². The van der Waals surface area contributed by atoms with E-state index in [1.807, 2.05) is 0 Å². The second kappa shape index (κ2) is 4.72. The molecule has 0 fully saturated rings. The second-order valence-corrected chi connectivity index (χ2v) is 2.86.